The number of aryl methyl sites for hydroxylation is 1. The van der Waals surface area contributed by atoms with E-state index in [1.807, 2.05) is 31.7 Å². The molecule has 1 aliphatic rings. The summed E-state index contributed by atoms with van der Waals surface area (Å²) in [5.41, 5.74) is 0.965. The molecule has 0 radical (unpaired) electrons. The highest BCUT2D eigenvalue weighted by atomic mass is 16.2. The molecule has 1 aliphatic heterocycles. The number of amides is 2. The molecule has 0 unspecified atom stereocenters. The topological polar surface area (TPSA) is 52.6 Å². The third kappa shape index (κ3) is 4.08. The molecule has 0 aliphatic carbocycles. The van der Waals surface area contributed by atoms with E-state index in [9.17, 15) is 4.79 Å². The molecule has 2 heterocycles. The highest BCUT2D eigenvalue weighted by Gasteiger charge is 2.23. The lowest BCUT2D eigenvalue weighted by molar-refractivity contribution is 0.167. The van der Waals surface area contributed by atoms with Gasteiger partial charge in [-0.05, 0) is 13.0 Å². The molecular formula is C14H25N5O. The van der Waals surface area contributed by atoms with Gasteiger partial charge in [0.2, 0.25) is 5.95 Å². The van der Waals surface area contributed by atoms with E-state index in [2.05, 4.69) is 14.9 Å². The van der Waals surface area contributed by atoms with E-state index in [-0.39, 0.29) is 6.03 Å². The maximum absolute atomic E-state index is 11.8. The van der Waals surface area contributed by atoms with E-state index in [4.69, 9.17) is 0 Å². The first-order valence-corrected chi connectivity index (χ1v) is 7.09. The molecule has 0 atom stereocenters. The molecule has 1 aromatic heterocycles. The van der Waals surface area contributed by atoms with Gasteiger partial charge in [-0.2, -0.15) is 0 Å². The van der Waals surface area contributed by atoms with Crippen LogP contribution in [0.15, 0.2) is 12.3 Å². The fourth-order valence-corrected chi connectivity index (χ4v) is 1.97. The molecule has 0 saturated carbocycles. The normalized spacial score (nSPS) is 14.4. The predicted octanol–water partition coefficient (Wildman–Crippen LogP) is 1.61. The van der Waals surface area contributed by atoms with Crippen molar-refractivity contribution < 1.29 is 4.79 Å². The molecule has 0 aromatic carbocycles. The Balaban J connectivity index is 0.000000956. The Kier molecular flexibility index (Phi) is 6.21. The third-order valence-electron chi connectivity index (χ3n) is 3.00. The van der Waals surface area contributed by atoms with Crippen LogP contribution in [-0.4, -0.2) is 66.1 Å². The summed E-state index contributed by atoms with van der Waals surface area (Å²) < 4.78 is 0. The van der Waals surface area contributed by atoms with Crippen LogP contribution in [-0.2, 0) is 0 Å². The Morgan fingerprint density at radius 2 is 1.80 bits per heavy atom. The number of piperazine rings is 1. The van der Waals surface area contributed by atoms with Crippen molar-refractivity contribution in [3.05, 3.63) is 18.0 Å². The van der Waals surface area contributed by atoms with Gasteiger partial charge in [0.1, 0.15) is 0 Å². The second-order valence-corrected chi connectivity index (χ2v) is 4.65. The van der Waals surface area contributed by atoms with Crippen molar-refractivity contribution in [3.63, 3.8) is 0 Å². The minimum Gasteiger partial charge on any atom is -0.337 e. The molecule has 1 aromatic rings. The summed E-state index contributed by atoms with van der Waals surface area (Å²) in [6.45, 7) is 8.95. The molecule has 1 saturated heterocycles. The number of hydrogen-bond donors (Lipinski definition) is 0. The number of rotatable bonds is 1. The Morgan fingerprint density at radius 3 is 2.30 bits per heavy atom. The van der Waals surface area contributed by atoms with Crippen LogP contribution in [0.2, 0.25) is 0 Å². The lowest BCUT2D eigenvalue weighted by Gasteiger charge is -2.35. The van der Waals surface area contributed by atoms with Gasteiger partial charge in [-0.25, -0.2) is 14.8 Å². The fourth-order valence-electron chi connectivity index (χ4n) is 1.97. The second-order valence-electron chi connectivity index (χ2n) is 4.65. The van der Waals surface area contributed by atoms with E-state index in [1.165, 1.54) is 0 Å². The van der Waals surface area contributed by atoms with Crippen LogP contribution in [0, 0.1) is 6.92 Å². The van der Waals surface area contributed by atoms with Crippen molar-refractivity contribution in [3.8, 4) is 0 Å². The summed E-state index contributed by atoms with van der Waals surface area (Å²) in [5, 5.41) is 0. The number of nitrogens with zero attached hydrogens (tertiary/aromatic N) is 5. The van der Waals surface area contributed by atoms with Crippen molar-refractivity contribution in [2.75, 3.05) is 45.2 Å². The molecule has 1 fully saturated rings. The van der Waals surface area contributed by atoms with Gasteiger partial charge in [0.15, 0.2) is 0 Å². The van der Waals surface area contributed by atoms with Crippen molar-refractivity contribution in [1.29, 1.82) is 0 Å². The quantitative estimate of drug-likeness (QED) is 0.784. The van der Waals surface area contributed by atoms with E-state index < -0.39 is 0 Å². The lowest BCUT2D eigenvalue weighted by Crippen LogP contribution is -2.51. The lowest BCUT2D eigenvalue weighted by atomic mass is 10.3. The van der Waals surface area contributed by atoms with Gasteiger partial charge in [0.05, 0.1) is 0 Å². The molecule has 6 nitrogen and oxygen atoms in total. The molecule has 2 amide bonds. The van der Waals surface area contributed by atoms with Crippen molar-refractivity contribution >= 4 is 12.0 Å². The van der Waals surface area contributed by atoms with E-state index in [1.54, 1.807) is 25.2 Å². The zero-order valence-electron chi connectivity index (χ0n) is 13.1. The van der Waals surface area contributed by atoms with Crippen LogP contribution in [0.4, 0.5) is 10.7 Å². The number of carbonyl (C=O) groups excluding carboxylic acids is 1. The number of carbonyl (C=O) groups is 1. The first-order chi connectivity index (χ1) is 9.58. The Labute approximate surface area is 121 Å². The van der Waals surface area contributed by atoms with Crippen LogP contribution in [0.3, 0.4) is 0 Å². The molecule has 0 N–H and O–H groups in total. The second kappa shape index (κ2) is 7.67. The molecule has 2 rings (SSSR count). The Morgan fingerprint density at radius 1 is 1.20 bits per heavy atom. The van der Waals surface area contributed by atoms with Crippen molar-refractivity contribution in [2.45, 2.75) is 20.8 Å². The van der Waals surface area contributed by atoms with Crippen LogP contribution in [0.25, 0.3) is 0 Å². The van der Waals surface area contributed by atoms with Crippen molar-refractivity contribution in [1.82, 2.24) is 19.8 Å². The minimum absolute atomic E-state index is 0.0693. The molecule has 112 valence electrons. The van der Waals surface area contributed by atoms with Crippen LogP contribution >= 0.6 is 0 Å². The SMILES string of the molecule is CC.Cc1ccnc(N2CCN(C(=O)N(C)C)CC2)n1. The average Bonchev–Trinajstić information content (AvgIpc) is 2.48. The maximum atomic E-state index is 11.8. The molecule has 6 heteroatoms. The minimum atomic E-state index is 0.0693. The first kappa shape index (κ1) is 16.2. The van der Waals surface area contributed by atoms with Gasteiger partial charge in [0.25, 0.3) is 0 Å². The van der Waals surface area contributed by atoms with Crippen LogP contribution < -0.4 is 4.90 Å². The van der Waals surface area contributed by atoms with E-state index >= 15 is 0 Å². The Hall–Kier alpha value is -1.85. The highest BCUT2D eigenvalue weighted by molar-refractivity contribution is 5.74. The summed E-state index contributed by atoms with van der Waals surface area (Å²) >= 11 is 0. The monoisotopic (exact) mass is 279 g/mol. The molecular weight excluding hydrogens is 254 g/mol. The zero-order chi connectivity index (χ0) is 15.1. The number of anilines is 1. The molecule has 20 heavy (non-hydrogen) atoms. The molecule has 0 spiro atoms. The molecule has 0 bridgehead atoms. The summed E-state index contributed by atoms with van der Waals surface area (Å²) in [6, 6.07) is 1.95. The van der Waals surface area contributed by atoms with Crippen LogP contribution in [0.1, 0.15) is 19.5 Å². The summed E-state index contributed by atoms with van der Waals surface area (Å²) in [6.07, 6.45) is 1.77. The Bertz CT molecular complexity index is 427. The van der Waals surface area contributed by atoms with Crippen LogP contribution in [0.5, 0.6) is 0 Å². The highest BCUT2D eigenvalue weighted by Crippen LogP contribution is 2.11. The predicted molar refractivity (Wildman–Crippen MR) is 81.0 cm³/mol. The first-order valence-electron chi connectivity index (χ1n) is 7.09. The number of urea groups is 1. The zero-order valence-corrected chi connectivity index (χ0v) is 13.1. The van der Waals surface area contributed by atoms with Gasteiger partial charge in [-0.3, -0.25) is 0 Å². The van der Waals surface area contributed by atoms with E-state index in [0.717, 1.165) is 24.7 Å². The van der Waals surface area contributed by atoms with Crippen molar-refractivity contribution in [2.24, 2.45) is 0 Å². The van der Waals surface area contributed by atoms with Gasteiger partial charge >= 0.3 is 6.03 Å². The third-order valence-corrected chi connectivity index (χ3v) is 3.00. The summed E-state index contributed by atoms with van der Waals surface area (Å²) in [7, 11) is 3.55. The van der Waals surface area contributed by atoms with Gasteiger partial charge in [-0.15, -0.1) is 0 Å². The number of hydrogen-bond acceptors (Lipinski definition) is 4. The maximum Gasteiger partial charge on any atom is 0.319 e. The van der Waals surface area contributed by atoms with E-state index in [0.29, 0.717) is 13.1 Å². The van der Waals surface area contributed by atoms with Gasteiger partial charge in [-0.1, -0.05) is 13.8 Å². The summed E-state index contributed by atoms with van der Waals surface area (Å²) in [4.78, 5) is 26.1. The average molecular weight is 279 g/mol. The smallest absolute Gasteiger partial charge is 0.319 e. The largest absolute Gasteiger partial charge is 0.337 e. The number of aromatic nitrogens is 2. The standard InChI is InChI=1S/C12H19N5O.C2H6/c1-10-4-5-13-11(14-10)16-6-8-17(9-7-16)12(18)15(2)3;1-2/h4-5H,6-9H2,1-3H3;1-2H3. The van der Waals surface area contributed by atoms with Gasteiger partial charge < -0.3 is 14.7 Å². The van der Waals surface area contributed by atoms with Gasteiger partial charge in [0, 0.05) is 52.2 Å². The summed E-state index contributed by atoms with van der Waals surface area (Å²) in [5.74, 6) is 0.756. The fraction of sp³-hybridized carbons (Fsp3) is 0.643.